The summed E-state index contributed by atoms with van der Waals surface area (Å²) in [4.78, 5) is 32.3. The van der Waals surface area contributed by atoms with Gasteiger partial charge in [0.15, 0.2) is 0 Å². The fraction of sp³-hybridized carbons (Fsp3) is 0.261. The highest BCUT2D eigenvalue weighted by Gasteiger charge is 2.17. The second-order valence-electron chi connectivity index (χ2n) is 6.78. The molecule has 0 saturated heterocycles. The van der Waals surface area contributed by atoms with Crippen molar-refractivity contribution in [2.24, 2.45) is 5.73 Å². The van der Waals surface area contributed by atoms with E-state index in [1.807, 2.05) is 37.3 Å². The lowest BCUT2D eigenvalue weighted by Crippen LogP contribution is -2.37. The molecule has 2 amide bonds. The Balaban J connectivity index is 1.52. The lowest BCUT2D eigenvalue weighted by Gasteiger charge is -2.18. The zero-order valence-corrected chi connectivity index (χ0v) is 17.9. The van der Waals surface area contributed by atoms with E-state index in [9.17, 15) is 9.59 Å². The van der Waals surface area contributed by atoms with Gasteiger partial charge in [0, 0.05) is 12.0 Å². The normalized spacial score (nSPS) is 10.4. The topological polar surface area (TPSA) is 117 Å². The van der Waals surface area contributed by atoms with Crippen LogP contribution >= 0.6 is 0 Å². The Kier molecular flexibility index (Phi) is 7.69. The first kappa shape index (κ1) is 22.7. The van der Waals surface area contributed by atoms with E-state index in [0.717, 1.165) is 22.1 Å². The number of nitrogens with zero attached hydrogens (tertiary/aromatic N) is 2. The number of urea groups is 1. The van der Waals surface area contributed by atoms with Crippen molar-refractivity contribution in [3.8, 4) is 17.2 Å². The van der Waals surface area contributed by atoms with Crippen LogP contribution in [0.3, 0.4) is 0 Å². The lowest BCUT2D eigenvalue weighted by molar-refractivity contribution is -0.0942. The molecular formula is C23H25N3O6. The number of ether oxygens (including phenoxy) is 2. The van der Waals surface area contributed by atoms with Crippen molar-refractivity contribution < 1.29 is 28.3 Å². The molecule has 0 bridgehead atoms. The number of hydrogen-bond donors (Lipinski definition) is 1. The molecule has 2 N–H and O–H groups in total. The van der Waals surface area contributed by atoms with Crippen LogP contribution in [-0.4, -0.2) is 35.4 Å². The maximum absolute atomic E-state index is 11.5. The van der Waals surface area contributed by atoms with Crippen LogP contribution in [0.15, 0.2) is 59.0 Å². The van der Waals surface area contributed by atoms with E-state index in [0.29, 0.717) is 30.2 Å². The van der Waals surface area contributed by atoms with Gasteiger partial charge in [-0.25, -0.2) is 14.6 Å². The highest BCUT2D eigenvalue weighted by molar-refractivity contribution is 5.73. The number of nitrogens with two attached hydrogens (primary N) is 1. The Labute approximate surface area is 185 Å². The van der Waals surface area contributed by atoms with Crippen LogP contribution in [0.1, 0.15) is 23.9 Å². The smallest absolute Gasteiger partial charge is 0.493 e. The van der Waals surface area contributed by atoms with Gasteiger partial charge in [0.25, 0.3) is 0 Å². The average molecular weight is 439 g/mol. The van der Waals surface area contributed by atoms with Gasteiger partial charge in [0.05, 0.1) is 25.5 Å². The highest BCUT2D eigenvalue weighted by atomic mass is 16.8. The molecular weight excluding hydrogens is 414 g/mol. The summed E-state index contributed by atoms with van der Waals surface area (Å²) in [5, 5.41) is 0.728. The zero-order valence-electron chi connectivity index (χ0n) is 17.9. The minimum Gasteiger partial charge on any atom is -0.493 e. The predicted octanol–water partition coefficient (Wildman–Crippen LogP) is 4.24. The monoisotopic (exact) mass is 439 g/mol. The highest BCUT2D eigenvalue weighted by Crippen LogP contribution is 2.22. The van der Waals surface area contributed by atoms with Crippen molar-refractivity contribution in [3.63, 3.8) is 0 Å². The van der Waals surface area contributed by atoms with Crippen molar-refractivity contribution in [1.29, 1.82) is 0 Å². The minimum atomic E-state index is -0.996. The van der Waals surface area contributed by atoms with Crippen LogP contribution in [-0.2, 0) is 22.5 Å². The molecule has 0 fully saturated rings. The maximum Gasteiger partial charge on any atom is 0.533 e. The Morgan fingerprint density at radius 2 is 1.81 bits per heavy atom. The minimum absolute atomic E-state index is 0.0190. The van der Waals surface area contributed by atoms with Crippen LogP contribution in [0.25, 0.3) is 11.5 Å². The first-order valence-corrected chi connectivity index (χ1v) is 10.1. The number of carbonyl (C=O) groups excluding carboxylic acids is 2. The molecule has 0 atom stereocenters. The number of oxazole rings is 1. The number of benzene rings is 2. The van der Waals surface area contributed by atoms with Gasteiger partial charge in [0.2, 0.25) is 5.89 Å². The summed E-state index contributed by atoms with van der Waals surface area (Å²) in [7, 11) is 0. The molecule has 2 aromatic carbocycles. The number of rotatable bonds is 8. The molecule has 9 heteroatoms. The maximum atomic E-state index is 11.5. The molecule has 1 aromatic heterocycles. The summed E-state index contributed by atoms with van der Waals surface area (Å²) < 4.78 is 16.2. The van der Waals surface area contributed by atoms with Crippen LogP contribution in [0.5, 0.6) is 5.75 Å². The third kappa shape index (κ3) is 6.24. The average Bonchev–Trinajstić information content (AvgIpc) is 3.15. The molecule has 9 nitrogen and oxygen atoms in total. The van der Waals surface area contributed by atoms with Crippen molar-refractivity contribution >= 4 is 12.2 Å². The Morgan fingerprint density at radius 1 is 1.09 bits per heavy atom. The molecule has 0 radical (unpaired) electrons. The quantitative estimate of drug-likeness (QED) is 0.412. The summed E-state index contributed by atoms with van der Waals surface area (Å²) in [6, 6.07) is 15.8. The van der Waals surface area contributed by atoms with E-state index >= 15 is 0 Å². The molecule has 0 spiro atoms. The van der Waals surface area contributed by atoms with E-state index < -0.39 is 12.2 Å². The van der Waals surface area contributed by atoms with Gasteiger partial charge in [-0.2, -0.15) is 0 Å². The van der Waals surface area contributed by atoms with E-state index in [2.05, 4.69) is 9.72 Å². The number of aryl methyl sites for hydroxylation is 1. The second kappa shape index (κ2) is 10.9. The van der Waals surface area contributed by atoms with Gasteiger partial charge in [-0.05, 0) is 43.7 Å². The van der Waals surface area contributed by atoms with Crippen LogP contribution in [0.4, 0.5) is 9.59 Å². The first-order valence-electron chi connectivity index (χ1n) is 10.1. The molecule has 0 aliphatic rings. The third-order valence-electron chi connectivity index (χ3n) is 4.46. The number of carbonyl (C=O) groups is 2. The largest absolute Gasteiger partial charge is 0.533 e. The van der Waals surface area contributed by atoms with E-state index in [4.69, 9.17) is 19.7 Å². The van der Waals surface area contributed by atoms with Crippen LogP contribution in [0, 0.1) is 6.92 Å². The molecule has 0 unspecified atom stereocenters. The van der Waals surface area contributed by atoms with Gasteiger partial charge in [-0.15, -0.1) is 5.06 Å². The first-order chi connectivity index (χ1) is 15.5. The molecule has 1 heterocycles. The van der Waals surface area contributed by atoms with E-state index in [1.165, 1.54) is 0 Å². The van der Waals surface area contributed by atoms with Crippen LogP contribution in [0.2, 0.25) is 0 Å². The number of hydroxylamine groups is 2. The summed E-state index contributed by atoms with van der Waals surface area (Å²) in [5.41, 5.74) is 7.71. The number of aromatic nitrogens is 1. The molecule has 32 heavy (non-hydrogen) atoms. The molecule has 0 aliphatic heterocycles. The van der Waals surface area contributed by atoms with Gasteiger partial charge in [-0.3, -0.25) is 0 Å². The van der Waals surface area contributed by atoms with Crippen LogP contribution < -0.4 is 10.5 Å². The summed E-state index contributed by atoms with van der Waals surface area (Å²) >= 11 is 0. The van der Waals surface area contributed by atoms with Crippen molar-refractivity contribution in [1.82, 2.24) is 10.0 Å². The third-order valence-corrected chi connectivity index (χ3v) is 4.46. The SMILES string of the molecule is CCOC(=O)ON(Cc1ccc(OCCc2nc(-c3ccccc3)oc2C)cc1)C(N)=O. The van der Waals surface area contributed by atoms with Gasteiger partial charge >= 0.3 is 12.2 Å². The van der Waals surface area contributed by atoms with E-state index in [1.54, 1.807) is 31.2 Å². The molecule has 0 saturated carbocycles. The molecule has 0 aliphatic carbocycles. The van der Waals surface area contributed by atoms with Gasteiger partial charge < -0.3 is 24.5 Å². The standard InChI is InChI=1S/C23H25N3O6/c1-3-29-23(28)32-26(22(24)27)15-17-9-11-19(12-10-17)30-14-13-20-16(2)31-21(25-20)18-7-5-4-6-8-18/h4-12H,3,13-15H2,1-2H3,(H2,24,27). The fourth-order valence-electron chi connectivity index (χ4n) is 2.88. The van der Waals surface area contributed by atoms with E-state index in [-0.39, 0.29) is 13.2 Å². The van der Waals surface area contributed by atoms with Gasteiger partial charge in [0.1, 0.15) is 11.5 Å². The Bertz CT molecular complexity index is 1030. The number of amides is 2. The Morgan fingerprint density at radius 3 is 2.47 bits per heavy atom. The Hall–Kier alpha value is -4.01. The molecule has 3 aromatic rings. The molecule has 168 valence electrons. The summed E-state index contributed by atoms with van der Waals surface area (Å²) in [6.45, 7) is 4.03. The summed E-state index contributed by atoms with van der Waals surface area (Å²) in [5.74, 6) is 2.00. The fourth-order valence-corrected chi connectivity index (χ4v) is 2.88. The predicted molar refractivity (Wildman–Crippen MR) is 116 cm³/mol. The van der Waals surface area contributed by atoms with Gasteiger partial charge in [-0.1, -0.05) is 30.3 Å². The zero-order chi connectivity index (χ0) is 22.9. The van der Waals surface area contributed by atoms with Crippen molar-refractivity contribution in [2.75, 3.05) is 13.2 Å². The summed E-state index contributed by atoms with van der Waals surface area (Å²) in [6.07, 6.45) is -0.406. The van der Waals surface area contributed by atoms with Crippen molar-refractivity contribution in [3.05, 3.63) is 71.6 Å². The molecule has 3 rings (SSSR count). The van der Waals surface area contributed by atoms with Crippen molar-refractivity contribution in [2.45, 2.75) is 26.8 Å². The lowest BCUT2D eigenvalue weighted by atomic mass is 10.2. The number of primary amides is 1. The second-order valence-corrected chi connectivity index (χ2v) is 6.78. The number of hydrogen-bond acceptors (Lipinski definition) is 7.